The Balaban J connectivity index is 1.39. The number of anilines is 2. The van der Waals surface area contributed by atoms with Crippen LogP contribution in [0.25, 0.3) is 6.08 Å². The van der Waals surface area contributed by atoms with Crippen LogP contribution in [0.15, 0.2) is 71.6 Å². The Hall–Kier alpha value is -3.63. The molecule has 3 aromatic carbocycles. The number of alkyl halides is 3. The molecule has 0 radical (unpaired) electrons. The summed E-state index contributed by atoms with van der Waals surface area (Å²) in [6.45, 7) is 3.71. The first-order valence-corrected chi connectivity index (χ1v) is 12.3. The van der Waals surface area contributed by atoms with Crippen molar-refractivity contribution in [3.63, 3.8) is 0 Å². The van der Waals surface area contributed by atoms with Gasteiger partial charge in [0.15, 0.2) is 10.9 Å². The quantitative estimate of drug-likeness (QED) is 0.276. The number of thiocarbonyl (C=S) groups is 1. The Morgan fingerprint density at radius 2 is 1.81 bits per heavy atom. The SMILES string of the molecule is Cc1ccc(NC(=O)COc2ccc(/C=C3\SC(=S)N(c4cccc(C(F)(F)F)c4)C3=O)cc2)c(C)c1. The highest BCUT2D eigenvalue weighted by Crippen LogP contribution is 2.38. The van der Waals surface area contributed by atoms with Crippen molar-refractivity contribution in [2.45, 2.75) is 20.0 Å². The average molecular weight is 543 g/mol. The highest BCUT2D eigenvalue weighted by molar-refractivity contribution is 8.27. The first-order chi connectivity index (χ1) is 17.5. The van der Waals surface area contributed by atoms with Crippen LogP contribution in [0.3, 0.4) is 0 Å². The molecule has 0 saturated carbocycles. The number of hydrogen-bond acceptors (Lipinski definition) is 5. The van der Waals surface area contributed by atoms with Crippen LogP contribution in [0.5, 0.6) is 5.75 Å². The predicted molar refractivity (Wildman–Crippen MR) is 144 cm³/mol. The van der Waals surface area contributed by atoms with Gasteiger partial charge in [-0.1, -0.05) is 59.9 Å². The highest BCUT2D eigenvalue weighted by Gasteiger charge is 2.36. The highest BCUT2D eigenvalue weighted by atomic mass is 32.2. The van der Waals surface area contributed by atoms with E-state index in [1.165, 1.54) is 12.1 Å². The molecule has 1 aliphatic rings. The summed E-state index contributed by atoms with van der Waals surface area (Å²) in [7, 11) is 0. The van der Waals surface area contributed by atoms with E-state index in [0.29, 0.717) is 11.3 Å². The fraction of sp³-hybridized carbons (Fsp3) is 0.148. The second-order valence-electron chi connectivity index (χ2n) is 8.29. The molecule has 0 aliphatic carbocycles. The fourth-order valence-electron chi connectivity index (χ4n) is 3.61. The number of nitrogens with one attached hydrogen (secondary N) is 1. The molecule has 1 aliphatic heterocycles. The van der Waals surface area contributed by atoms with Gasteiger partial charge in [-0.25, -0.2) is 0 Å². The number of benzene rings is 3. The first-order valence-electron chi connectivity index (χ1n) is 11.1. The third kappa shape index (κ3) is 6.39. The lowest BCUT2D eigenvalue weighted by Gasteiger charge is -2.16. The van der Waals surface area contributed by atoms with Gasteiger partial charge < -0.3 is 10.1 Å². The van der Waals surface area contributed by atoms with Gasteiger partial charge in [0.2, 0.25) is 0 Å². The van der Waals surface area contributed by atoms with Gasteiger partial charge in [-0.3, -0.25) is 14.5 Å². The van der Waals surface area contributed by atoms with E-state index in [1.807, 2.05) is 32.0 Å². The summed E-state index contributed by atoms with van der Waals surface area (Å²) in [5, 5.41) is 2.81. The lowest BCUT2D eigenvalue weighted by Crippen LogP contribution is -2.27. The standard InChI is InChI=1S/C27H21F3N2O3S2/c1-16-6-11-22(17(2)12-16)31-24(33)15-35-21-9-7-18(8-10-21)13-23-25(34)32(26(36)37-23)20-5-3-4-19(14-20)27(28,29)30/h3-14H,15H2,1-2H3,(H,31,33)/b23-13-. The number of rotatable bonds is 6. The maximum Gasteiger partial charge on any atom is 0.416 e. The molecule has 0 atom stereocenters. The van der Waals surface area contributed by atoms with Crippen molar-refractivity contribution >= 4 is 57.6 Å². The normalized spacial score (nSPS) is 14.8. The van der Waals surface area contributed by atoms with E-state index in [9.17, 15) is 22.8 Å². The Morgan fingerprint density at radius 1 is 1.08 bits per heavy atom. The Morgan fingerprint density at radius 3 is 2.49 bits per heavy atom. The number of carbonyl (C=O) groups excluding carboxylic acids is 2. The summed E-state index contributed by atoms with van der Waals surface area (Å²) < 4.78 is 45.0. The summed E-state index contributed by atoms with van der Waals surface area (Å²) in [4.78, 5) is 26.5. The summed E-state index contributed by atoms with van der Waals surface area (Å²) in [5.74, 6) is -0.337. The van der Waals surface area contributed by atoms with Gasteiger partial charge in [-0.2, -0.15) is 13.2 Å². The van der Waals surface area contributed by atoms with Gasteiger partial charge in [0.1, 0.15) is 5.75 Å². The molecule has 0 aromatic heterocycles. The molecule has 0 unspecified atom stereocenters. The zero-order chi connectivity index (χ0) is 26.7. The molecular weight excluding hydrogens is 521 g/mol. The van der Waals surface area contributed by atoms with Crippen molar-refractivity contribution in [1.82, 2.24) is 0 Å². The molecule has 2 amide bonds. The van der Waals surface area contributed by atoms with E-state index in [-0.39, 0.29) is 27.4 Å². The minimum Gasteiger partial charge on any atom is -0.484 e. The van der Waals surface area contributed by atoms with Crippen molar-refractivity contribution in [2.24, 2.45) is 0 Å². The van der Waals surface area contributed by atoms with E-state index in [4.69, 9.17) is 17.0 Å². The maximum atomic E-state index is 13.1. The topological polar surface area (TPSA) is 58.6 Å². The minimum atomic E-state index is -4.53. The van der Waals surface area contributed by atoms with Crippen LogP contribution in [-0.4, -0.2) is 22.7 Å². The van der Waals surface area contributed by atoms with Crippen molar-refractivity contribution in [3.05, 3.63) is 93.9 Å². The molecule has 1 saturated heterocycles. The second-order valence-corrected chi connectivity index (χ2v) is 9.97. The van der Waals surface area contributed by atoms with E-state index in [2.05, 4.69) is 5.32 Å². The number of thioether (sulfide) groups is 1. The molecule has 37 heavy (non-hydrogen) atoms. The van der Waals surface area contributed by atoms with Gasteiger partial charge in [-0.05, 0) is 67.4 Å². The molecular formula is C27H21F3N2O3S2. The molecule has 190 valence electrons. The monoisotopic (exact) mass is 542 g/mol. The summed E-state index contributed by atoms with van der Waals surface area (Å²) >= 11 is 6.27. The Bertz CT molecular complexity index is 1400. The third-order valence-corrected chi connectivity index (χ3v) is 6.73. The molecule has 4 rings (SSSR count). The number of carbonyl (C=O) groups is 2. The molecule has 1 N–H and O–H groups in total. The van der Waals surface area contributed by atoms with E-state index in [1.54, 1.807) is 30.3 Å². The number of aryl methyl sites for hydroxylation is 2. The molecule has 3 aromatic rings. The molecule has 1 fully saturated rings. The zero-order valence-electron chi connectivity index (χ0n) is 19.8. The number of halogens is 3. The minimum absolute atomic E-state index is 0.0589. The van der Waals surface area contributed by atoms with Gasteiger partial charge >= 0.3 is 6.18 Å². The molecule has 0 spiro atoms. The number of amides is 2. The van der Waals surface area contributed by atoms with E-state index >= 15 is 0 Å². The summed E-state index contributed by atoms with van der Waals surface area (Å²) in [6, 6.07) is 16.9. The fourth-order valence-corrected chi connectivity index (χ4v) is 4.91. The van der Waals surface area contributed by atoms with Crippen molar-refractivity contribution < 1.29 is 27.5 Å². The second kappa shape index (κ2) is 10.8. The van der Waals surface area contributed by atoms with Crippen LogP contribution in [-0.2, 0) is 15.8 Å². The number of ether oxygens (including phenoxy) is 1. The average Bonchev–Trinajstić information content (AvgIpc) is 3.12. The smallest absolute Gasteiger partial charge is 0.416 e. The Labute approximate surface area is 221 Å². The lowest BCUT2D eigenvalue weighted by molar-refractivity contribution is -0.137. The molecule has 5 nitrogen and oxygen atoms in total. The third-order valence-electron chi connectivity index (χ3n) is 5.43. The molecule has 0 bridgehead atoms. The van der Waals surface area contributed by atoms with Crippen LogP contribution >= 0.6 is 24.0 Å². The van der Waals surface area contributed by atoms with Crippen LogP contribution in [0.2, 0.25) is 0 Å². The van der Waals surface area contributed by atoms with Crippen LogP contribution in [0.4, 0.5) is 24.5 Å². The van der Waals surface area contributed by atoms with Crippen LogP contribution in [0, 0.1) is 13.8 Å². The molecule has 10 heteroatoms. The van der Waals surface area contributed by atoms with Crippen LogP contribution in [0.1, 0.15) is 22.3 Å². The van der Waals surface area contributed by atoms with Gasteiger partial charge in [-0.15, -0.1) is 0 Å². The number of hydrogen-bond donors (Lipinski definition) is 1. The Kier molecular flexibility index (Phi) is 7.70. The van der Waals surface area contributed by atoms with Crippen molar-refractivity contribution in [3.8, 4) is 5.75 Å². The first kappa shape index (κ1) is 26.4. The maximum absolute atomic E-state index is 13.1. The van der Waals surface area contributed by atoms with Gasteiger partial charge in [0, 0.05) is 5.69 Å². The zero-order valence-corrected chi connectivity index (χ0v) is 21.4. The molecule has 1 heterocycles. The van der Waals surface area contributed by atoms with Crippen LogP contribution < -0.4 is 15.0 Å². The van der Waals surface area contributed by atoms with Crippen molar-refractivity contribution in [2.75, 3.05) is 16.8 Å². The number of nitrogens with zero attached hydrogens (tertiary/aromatic N) is 1. The van der Waals surface area contributed by atoms with Gasteiger partial charge in [0.05, 0.1) is 16.2 Å². The summed E-state index contributed by atoms with van der Waals surface area (Å²) in [5.41, 5.74) is 2.64. The largest absolute Gasteiger partial charge is 0.484 e. The lowest BCUT2D eigenvalue weighted by atomic mass is 10.1. The van der Waals surface area contributed by atoms with Crippen molar-refractivity contribution in [1.29, 1.82) is 0 Å². The van der Waals surface area contributed by atoms with Gasteiger partial charge in [0.25, 0.3) is 11.8 Å². The summed E-state index contributed by atoms with van der Waals surface area (Å²) in [6.07, 6.45) is -2.93. The van der Waals surface area contributed by atoms with E-state index < -0.39 is 17.6 Å². The predicted octanol–water partition coefficient (Wildman–Crippen LogP) is 6.75. The van der Waals surface area contributed by atoms with E-state index in [0.717, 1.165) is 45.6 Å².